The number of halogens is 1. The number of aromatic nitrogens is 1. The number of nitrogens with zero attached hydrogens (tertiary/aromatic N) is 3. The van der Waals surface area contributed by atoms with Gasteiger partial charge in [0.05, 0.1) is 26.9 Å². The molecule has 4 aromatic rings. The van der Waals surface area contributed by atoms with Crippen LogP contribution in [0.5, 0.6) is 5.88 Å². The average Bonchev–Trinajstić information content (AvgIpc) is 2.80. The molecule has 1 N–H and O–H groups in total. The zero-order valence-corrected chi connectivity index (χ0v) is 19.4. The summed E-state index contributed by atoms with van der Waals surface area (Å²) in [6.07, 6.45) is 1.41. The highest BCUT2D eigenvalue weighted by Gasteiger charge is 2.19. The highest BCUT2D eigenvalue weighted by molar-refractivity contribution is 7.89. The summed E-state index contributed by atoms with van der Waals surface area (Å²) in [6, 6.07) is 19.7. The van der Waals surface area contributed by atoms with Crippen molar-refractivity contribution in [3.63, 3.8) is 0 Å². The van der Waals surface area contributed by atoms with E-state index < -0.39 is 15.6 Å². The lowest BCUT2D eigenvalue weighted by molar-refractivity contribution is 0.436. The van der Waals surface area contributed by atoms with Gasteiger partial charge in [-0.2, -0.15) is 0 Å². The molecule has 0 radical (unpaired) electrons. The van der Waals surface area contributed by atoms with E-state index in [0.29, 0.717) is 32.7 Å². The van der Waals surface area contributed by atoms with Crippen molar-refractivity contribution in [1.82, 2.24) is 8.87 Å². The molecule has 9 heteroatoms. The van der Waals surface area contributed by atoms with Gasteiger partial charge in [-0.15, -0.1) is 0 Å². The number of hydrogen-bond donors (Lipinski definition) is 1. The van der Waals surface area contributed by atoms with Crippen molar-refractivity contribution >= 4 is 44.3 Å². The van der Waals surface area contributed by atoms with Crippen LogP contribution in [0.4, 0.5) is 5.69 Å². The SMILES string of the molecule is CN(C)S(=O)(=O)c1cccc(N=Cc2c(O)n(-c3ccccc3Cl)c(=O)c3ccccc23)c1. The van der Waals surface area contributed by atoms with Crippen molar-refractivity contribution in [3.05, 3.63) is 93.7 Å². The first-order valence-electron chi connectivity index (χ1n) is 9.90. The summed E-state index contributed by atoms with van der Waals surface area (Å²) >= 11 is 6.30. The number of hydrogen-bond acceptors (Lipinski definition) is 5. The third-order valence-corrected chi connectivity index (χ3v) is 7.27. The van der Waals surface area contributed by atoms with Crippen LogP contribution in [0, 0.1) is 0 Å². The van der Waals surface area contributed by atoms with Crippen LogP contribution in [-0.2, 0) is 10.0 Å². The van der Waals surface area contributed by atoms with E-state index >= 15 is 0 Å². The Hall–Kier alpha value is -3.46. The second-order valence-electron chi connectivity index (χ2n) is 7.42. The molecule has 0 atom stereocenters. The molecule has 0 aliphatic rings. The molecule has 0 aliphatic heterocycles. The molecule has 0 amide bonds. The quantitative estimate of drug-likeness (QED) is 0.429. The molecule has 168 valence electrons. The minimum absolute atomic E-state index is 0.0947. The molecule has 33 heavy (non-hydrogen) atoms. The molecule has 0 aliphatic carbocycles. The zero-order chi connectivity index (χ0) is 23.8. The maximum atomic E-state index is 13.2. The van der Waals surface area contributed by atoms with Crippen molar-refractivity contribution in [2.45, 2.75) is 4.90 Å². The molecule has 7 nitrogen and oxygen atoms in total. The van der Waals surface area contributed by atoms with Gasteiger partial charge in [0.2, 0.25) is 15.9 Å². The molecule has 0 bridgehead atoms. The second kappa shape index (κ2) is 8.82. The van der Waals surface area contributed by atoms with E-state index in [1.165, 1.54) is 32.4 Å². The molecule has 4 rings (SSSR count). The highest BCUT2D eigenvalue weighted by Crippen LogP contribution is 2.29. The standard InChI is InChI=1S/C24H20ClN3O4S/c1-27(2)33(31,32)17-9-7-8-16(14-17)26-15-20-18-10-3-4-11-19(18)23(29)28(24(20)30)22-13-6-5-12-21(22)25/h3-15,30H,1-2H3. The van der Waals surface area contributed by atoms with Gasteiger partial charge in [-0.1, -0.05) is 48.0 Å². The van der Waals surface area contributed by atoms with Crippen molar-refractivity contribution in [3.8, 4) is 11.6 Å². The van der Waals surface area contributed by atoms with Crippen molar-refractivity contribution in [2.75, 3.05) is 14.1 Å². The monoisotopic (exact) mass is 481 g/mol. The van der Waals surface area contributed by atoms with E-state index in [0.717, 1.165) is 8.87 Å². The van der Waals surface area contributed by atoms with Crippen LogP contribution < -0.4 is 5.56 Å². The lowest BCUT2D eigenvalue weighted by Gasteiger charge is -2.14. The van der Waals surface area contributed by atoms with Gasteiger partial charge in [0.25, 0.3) is 5.56 Å². The van der Waals surface area contributed by atoms with Gasteiger partial charge in [0.1, 0.15) is 0 Å². The number of sulfonamides is 1. The number of para-hydroxylation sites is 1. The average molecular weight is 482 g/mol. The predicted molar refractivity (Wildman–Crippen MR) is 131 cm³/mol. The van der Waals surface area contributed by atoms with Crippen LogP contribution in [-0.4, -0.2) is 42.7 Å². The molecule has 0 spiro atoms. The summed E-state index contributed by atoms with van der Waals surface area (Å²) in [6.45, 7) is 0. The van der Waals surface area contributed by atoms with E-state index in [9.17, 15) is 18.3 Å². The Morgan fingerprint density at radius 1 is 0.970 bits per heavy atom. The molecule has 0 saturated heterocycles. The smallest absolute Gasteiger partial charge is 0.265 e. The summed E-state index contributed by atoms with van der Waals surface area (Å²) in [5.41, 5.74) is 0.580. The van der Waals surface area contributed by atoms with Crippen molar-refractivity contribution < 1.29 is 13.5 Å². The molecular formula is C24H20ClN3O4S. The fourth-order valence-electron chi connectivity index (χ4n) is 3.42. The first kappa shape index (κ1) is 22.7. The Morgan fingerprint density at radius 2 is 1.64 bits per heavy atom. The van der Waals surface area contributed by atoms with E-state index in [2.05, 4.69) is 4.99 Å². The summed E-state index contributed by atoms with van der Waals surface area (Å²) in [7, 11) is -0.725. The molecule has 0 fully saturated rings. The molecule has 1 aromatic heterocycles. The number of pyridine rings is 1. The Kier molecular flexibility index (Phi) is 6.07. The Bertz CT molecular complexity index is 1560. The van der Waals surface area contributed by atoms with Crippen LogP contribution in [0.2, 0.25) is 5.02 Å². The summed E-state index contributed by atoms with van der Waals surface area (Å²) < 4.78 is 27.1. The maximum absolute atomic E-state index is 13.2. The second-order valence-corrected chi connectivity index (χ2v) is 9.98. The van der Waals surface area contributed by atoms with Crippen LogP contribution >= 0.6 is 11.6 Å². The molecule has 0 saturated carbocycles. The van der Waals surface area contributed by atoms with E-state index in [-0.39, 0.29) is 10.8 Å². The lowest BCUT2D eigenvalue weighted by atomic mass is 10.1. The fraction of sp³-hybridized carbons (Fsp3) is 0.0833. The Labute approximate surface area is 195 Å². The van der Waals surface area contributed by atoms with Crippen LogP contribution in [0.25, 0.3) is 16.5 Å². The molecule has 1 heterocycles. The van der Waals surface area contributed by atoms with Gasteiger partial charge in [-0.05, 0) is 36.4 Å². The van der Waals surface area contributed by atoms with Gasteiger partial charge < -0.3 is 5.11 Å². The van der Waals surface area contributed by atoms with Crippen LogP contribution in [0.3, 0.4) is 0 Å². The number of fused-ring (bicyclic) bond motifs is 1. The summed E-state index contributed by atoms with van der Waals surface area (Å²) in [5, 5.41) is 12.3. The first-order valence-corrected chi connectivity index (χ1v) is 11.7. The molecular weight excluding hydrogens is 462 g/mol. The maximum Gasteiger partial charge on any atom is 0.265 e. The van der Waals surface area contributed by atoms with Gasteiger partial charge in [-0.3, -0.25) is 9.79 Å². The van der Waals surface area contributed by atoms with Gasteiger partial charge in [0, 0.05) is 31.1 Å². The van der Waals surface area contributed by atoms with Gasteiger partial charge in [-0.25, -0.2) is 17.3 Å². The van der Waals surface area contributed by atoms with Gasteiger partial charge >= 0.3 is 0 Å². The number of aliphatic imine (C=N–C) groups is 1. The molecule has 3 aromatic carbocycles. The fourth-order valence-corrected chi connectivity index (χ4v) is 4.58. The van der Waals surface area contributed by atoms with E-state index in [4.69, 9.17) is 11.6 Å². The van der Waals surface area contributed by atoms with Crippen LogP contribution in [0.15, 0.2) is 87.5 Å². The summed E-state index contributed by atoms with van der Waals surface area (Å²) in [4.78, 5) is 17.7. The number of rotatable bonds is 5. The first-order chi connectivity index (χ1) is 15.7. The topological polar surface area (TPSA) is 92.0 Å². The third kappa shape index (κ3) is 4.16. The highest BCUT2D eigenvalue weighted by atomic mass is 35.5. The number of benzene rings is 3. The molecule has 0 unspecified atom stereocenters. The zero-order valence-electron chi connectivity index (χ0n) is 17.8. The van der Waals surface area contributed by atoms with E-state index in [1.807, 2.05) is 0 Å². The normalized spacial score (nSPS) is 12.1. The third-order valence-electron chi connectivity index (χ3n) is 5.14. The Morgan fingerprint density at radius 3 is 2.33 bits per heavy atom. The summed E-state index contributed by atoms with van der Waals surface area (Å²) in [5.74, 6) is -0.326. The van der Waals surface area contributed by atoms with Gasteiger partial charge in [0.15, 0.2) is 0 Å². The predicted octanol–water partition coefficient (Wildman–Crippen LogP) is 4.35. The minimum Gasteiger partial charge on any atom is -0.494 e. The van der Waals surface area contributed by atoms with Crippen LogP contribution in [0.1, 0.15) is 5.56 Å². The van der Waals surface area contributed by atoms with E-state index in [1.54, 1.807) is 60.7 Å². The largest absolute Gasteiger partial charge is 0.494 e. The lowest BCUT2D eigenvalue weighted by Crippen LogP contribution is -2.22. The Balaban J connectivity index is 1.92. The van der Waals surface area contributed by atoms with Crippen molar-refractivity contribution in [1.29, 1.82) is 0 Å². The number of aromatic hydroxyl groups is 1. The minimum atomic E-state index is -3.63. The van der Waals surface area contributed by atoms with Crippen molar-refractivity contribution in [2.24, 2.45) is 4.99 Å².